The highest BCUT2D eigenvalue weighted by Crippen LogP contribution is 2.32. The lowest BCUT2D eigenvalue weighted by Gasteiger charge is -2.39. The molecule has 4 amide bonds. The Labute approximate surface area is 156 Å². The maximum absolute atomic E-state index is 13.2. The second kappa shape index (κ2) is 7.55. The molecule has 0 bridgehead atoms. The van der Waals surface area contributed by atoms with Crippen molar-refractivity contribution in [1.29, 1.82) is 0 Å². The SMILES string of the molecule is CCC(=O)N1CCC[C@H](N2C(=O)NC3(CCN(CC(C)C)CC3)C2=O)C1. The van der Waals surface area contributed by atoms with Crippen molar-refractivity contribution in [2.24, 2.45) is 5.92 Å². The smallest absolute Gasteiger partial charge is 0.325 e. The Morgan fingerprint density at radius 2 is 1.92 bits per heavy atom. The molecule has 0 aromatic rings. The summed E-state index contributed by atoms with van der Waals surface area (Å²) in [5, 5.41) is 3.01. The van der Waals surface area contributed by atoms with Crippen LogP contribution in [0.15, 0.2) is 0 Å². The zero-order valence-electron chi connectivity index (χ0n) is 16.3. The molecule has 0 aromatic carbocycles. The fourth-order valence-corrected chi connectivity index (χ4v) is 4.56. The van der Waals surface area contributed by atoms with Gasteiger partial charge in [-0.05, 0) is 31.6 Å². The van der Waals surface area contributed by atoms with Gasteiger partial charge in [0.05, 0.1) is 6.04 Å². The molecule has 0 radical (unpaired) electrons. The molecule has 3 heterocycles. The van der Waals surface area contributed by atoms with Crippen LogP contribution in [0.4, 0.5) is 4.79 Å². The number of piperidine rings is 2. The van der Waals surface area contributed by atoms with Gasteiger partial charge in [0.2, 0.25) is 5.91 Å². The lowest BCUT2D eigenvalue weighted by Crippen LogP contribution is -2.56. The van der Waals surface area contributed by atoms with Crippen LogP contribution >= 0.6 is 0 Å². The molecule has 7 nitrogen and oxygen atoms in total. The van der Waals surface area contributed by atoms with Crippen LogP contribution in [0.3, 0.4) is 0 Å². The van der Waals surface area contributed by atoms with Crippen LogP contribution in [-0.2, 0) is 9.59 Å². The predicted molar refractivity (Wildman–Crippen MR) is 98.5 cm³/mol. The number of carbonyl (C=O) groups is 3. The Morgan fingerprint density at radius 1 is 1.23 bits per heavy atom. The van der Waals surface area contributed by atoms with Gasteiger partial charge in [-0.25, -0.2) is 4.79 Å². The second-order valence-corrected chi connectivity index (χ2v) is 8.37. The molecule has 0 aliphatic carbocycles. The van der Waals surface area contributed by atoms with Gasteiger partial charge < -0.3 is 15.1 Å². The van der Waals surface area contributed by atoms with Gasteiger partial charge in [-0.15, -0.1) is 0 Å². The lowest BCUT2D eigenvalue weighted by atomic mass is 9.86. The highest BCUT2D eigenvalue weighted by molar-refractivity contribution is 6.07. The summed E-state index contributed by atoms with van der Waals surface area (Å²) >= 11 is 0. The first kappa shape index (κ1) is 19.1. The third-order valence-electron chi connectivity index (χ3n) is 5.94. The van der Waals surface area contributed by atoms with Crippen molar-refractivity contribution in [3.63, 3.8) is 0 Å². The Balaban J connectivity index is 1.67. The first-order valence-corrected chi connectivity index (χ1v) is 10.0. The molecular formula is C19H32N4O3. The van der Waals surface area contributed by atoms with E-state index in [4.69, 9.17) is 0 Å². The Kier molecular flexibility index (Phi) is 5.55. The van der Waals surface area contributed by atoms with Gasteiger partial charge in [0.1, 0.15) is 5.54 Å². The van der Waals surface area contributed by atoms with Crippen molar-refractivity contribution < 1.29 is 14.4 Å². The van der Waals surface area contributed by atoms with E-state index in [-0.39, 0.29) is 23.9 Å². The van der Waals surface area contributed by atoms with Gasteiger partial charge in [-0.1, -0.05) is 20.8 Å². The predicted octanol–water partition coefficient (Wildman–Crippen LogP) is 1.43. The van der Waals surface area contributed by atoms with Crippen molar-refractivity contribution >= 4 is 17.8 Å². The molecule has 146 valence electrons. The highest BCUT2D eigenvalue weighted by Gasteiger charge is 2.54. The molecule has 1 spiro atoms. The minimum Gasteiger partial charge on any atom is -0.341 e. The van der Waals surface area contributed by atoms with Crippen LogP contribution in [0.5, 0.6) is 0 Å². The number of hydrogen-bond donors (Lipinski definition) is 1. The number of urea groups is 1. The van der Waals surface area contributed by atoms with Crippen molar-refractivity contribution in [2.45, 2.75) is 64.5 Å². The van der Waals surface area contributed by atoms with Crippen LogP contribution in [0.1, 0.15) is 52.9 Å². The second-order valence-electron chi connectivity index (χ2n) is 8.37. The van der Waals surface area contributed by atoms with Gasteiger partial charge >= 0.3 is 6.03 Å². The minimum absolute atomic E-state index is 0.0810. The van der Waals surface area contributed by atoms with E-state index < -0.39 is 5.54 Å². The molecule has 1 atom stereocenters. The fraction of sp³-hybridized carbons (Fsp3) is 0.842. The molecule has 0 aromatic heterocycles. The van der Waals surface area contributed by atoms with Crippen LogP contribution in [0.25, 0.3) is 0 Å². The molecule has 3 fully saturated rings. The van der Waals surface area contributed by atoms with Crippen LogP contribution in [0, 0.1) is 5.92 Å². The summed E-state index contributed by atoms with van der Waals surface area (Å²) in [6.07, 6.45) is 3.42. The Bertz CT molecular complexity index is 569. The normalized spacial score (nSPS) is 26.7. The topological polar surface area (TPSA) is 73.0 Å². The number of likely N-dealkylation sites (tertiary alicyclic amines) is 2. The van der Waals surface area contributed by atoms with Crippen molar-refractivity contribution in [3.05, 3.63) is 0 Å². The van der Waals surface area contributed by atoms with E-state index in [1.165, 1.54) is 4.90 Å². The third-order valence-corrected chi connectivity index (χ3v) is 5.94. The number of amides is 4. The molecular weight excluding hydrogens is 332 g/mol. The molecule has 0 unspecified atom stereocenters. The standard InChI is InChI=1S/C19H32N4O3/c1-4-16(24)22-9-5-6-15(13-22)23-17(25)19(20-18(23)26)7-10-21(11-8-19)12-14(2)3/h14-15H,4-13H2,1-3H3,(H,20,26)/t15-/m0/s1. The van der Waals surface area contributed by atoms with E-state index in [1.54, 1.807) is 4.90 Å². The molecule has 3 saturated heterocycles. The molecule has 26 heavy (non-hydrogen) atoms. The maximum atomic E-state index is 13.2. The van der Waals surface area contributed by atoms with Crippen LogP contribution in [-0.4, -0.2) is 76.8 Å². The van der Waals surface area contributed by atoms with E-state index in [2.05, 4.69) is 24.1 Å². The Morgan fingerprint density at radius 3 is 2.54 bits per heavy atom. The summed E-state index contributed by atoms with van der Waals surface area (Å²) in [7, 11) is 0. The quantitative estimate of drug-likeness (QED) is 0.766. The molecule has 0 saturated carbocycles. The number of rotatable bonds is 4. The summed E-state index contributed by atoms with van der Waals surface area (Å²) in [5.41, 5.74) is -0.735. The van der Waals surface area contributed by atoms with Crippen molar-refractivity contribution in [2.75, 3.05) is 32.7 Å². The van der Waals surface area contributed by atoms with Gasteiger partial charge in [-0.3, -0.25) is 14.5 Å². The van der Waals surface area contributed by atoms with Crippen molar-refractivity contribution in [1.82, 2.24) is 20.0 Å². The highest BCUT2D eigenvalue weighted by atomic mass is 16.2. The van der Waals surface area contributed by atoms with E-state index in [1.807, 2.05) is 6.92 Å². The van der Waals surface area contributed by atoms with Crippen LogP contribution in [0.2, 0.25) is 0 Å². The number of nitrogens with one attached hydrogen (secondary N) is 1. The van der Waals surface area contributed by atoms with E-state index in [0.29, 0.717) is 31.7 Å². The summed E-state index contributed by atoms with van der Waals surface area (Å²) < 4.78 is 0. The lowest BCUT2D eigenvalue weighted by molar-refractivity contribution is -0.139. The Hall–Kier alpha value is -1.63. The number of carbonyl (C=O) groups excluding carboxylic acids is 3. The van der Waals surface area contributed by atoms with E-state index >= 15 is 0 Å². The summed E-state index contributed by atoms with van der Waals surface area (Å²) in [5.74, 6) is 0.611. The maximum Gasteiger partial charge on any atom is 0.325 e. The summed E-state index contributed by atoms with van der Waals surface area (Å²) in [4.78, 5) is 43.4. The number of hydrogen-bond acceptors (Lipinski definition) is 4. The third kappa shape index (κ3) is 3.59. The van der Waals surface area contributed by atoms with E-state index in [9.17, 15) is 14.4 Å². The zero-order chi connectivity index (χ0) is 18.9. The van der Waals surface area contributed by atoms with Crippen molar-refractivity contribution in [3.8, 4) is 0 Å². The average Bonchev–Trinajstić information content (AvgIpc) is 2.86. The average molecular weight is 364 g/mol. The summed E-state index contributed by atoms with van der Waals surface area (Å²) in [6.45, 7) is 10.1. The number of nitrogens with zero attached hydrogens (tertiary/aromatic N) is 3. The molecule has 7 heteroatoms. The number of imide groups is 1. The first-order valence-electron chi connectivity index (χ1n) is 10.0. The van der Waals surface area contributed by atoms with Gasteiger partial charge in [0.25, 0.3) is 5.91 Å². The van der Waals surface area contributed by atoms with Gasteiger partial charge in [0, 0.05) is 39.1 Å². The zero-order valence-corrected chi connectivity index (χ0v) is 16.3. The van der Waals surface area contributed by atoms with Crippen LogP contribution < -0.4 is 5.32 Å². The van der Waals surface area contributed by atoms with Gasteiger partial charge in [-0.2, -0.15) is 0 Å². The molecule has 3 rings (SSSR count). The molecule has 3 aliphatic rings. The monoisotopic (exact) mass is 364 g/mol. The van der Waals surface area contributed by atoms with Gasteiger partial charge in [0.15, 0.2) is 0 Å². The first-order chi connectivity index (χ1) is 12.4. The molecule has 1 N–H and O–H groups in total. The van der Waals surface area contributed by atoms with E-state index in [0.717, 1.165) is 39.0 Å². The minimum atomic E-state index is -0.735. The largest absolute Gasteiger partial charge is 0.341 e. The summed E-state index contributed by atoms with van der Waals surface area (Å²) in [6, 6.07) is -0.470. The fourth-order valence-electron chi connectivity index (χ4n) is 4.56. The molecule has 3 aliphatic heterocycles.